The van der Waals surface area contributed by atoms with Gasteiger partial charge in [-0.25, -0.2) is 4.79 Å². The third-order valence-corrected chi connectivity index (χ3v) is 7.81. The Kier molecular flexibility index (Phi) is 1.20. The molecule has 0 aromatic heterocycles. The molecule has 0 radical (unpaired) electrons. The van der Waals surface area contributed by atoms with E-state index in [9.17, 15) is 9.59 Å². The Bertz CT molecular complexity index is 567. The maximum atomic E-state index is 12.1. The number of ether oxygens (including phenoxy) is 1. The minimum Gasteiger partial charge on any atom is -0.442 e. The number of hydrogen-bond acceptors (Lipinski definition) is 3. The number of amides is 1. The van der Waals surface area contributed by atoms with Crippen molar-refractivity contribution in [1.82, 2.24) is 0 Å². The molecule has 6 aliphatic carbocycles. The smallest absolute Gasteiger partial charge is 0.405 e. The van der Waals surface area contributed by atoms with Crippen molar-refractivity contribution in [2.75, 3.05) is 0 Å². The largest absolute Gasteiger partial charge is 0.442 e. The first-order valence-corrected chi connectivity index (χ1v) is 7.21. The molecule has 6 aliphatic rings. The van der Waals surface area contributed by atoms with Crippen molar-refractivity contribution in [1.29, 1.82) is 0 Å². The molecule has 0 aromatic carbocycles. The van der Waals surface area contributed by atoms with E-state index < -0.39 is 6.09 Å². The van der Waals surface area contributed by atoms with Crippen LogP contribution in [0.4, 0.5) is 4.79 Å². The first-order chi connectivity index (χ1) is 8.71. The van der Waals surface area contributed by atoms with Crippen LogP contribution in [0, 0.1) is 45.8 Å². The van der Waals surface area contributed by atoms with Gasteiger partial charge in [-0.05, 0) is 30.1 Å². The van der Waals surface area contributed by atoms with E-state index in [0.29, 0.717) is 35.4 Å². The number of carbonyl (C=O) groups is 2. The molecule has 6 rings (SSSR count). The minimum absolute atomic E-state index is 0.0225. The number of hydrogen-bond donors (Lipinski definition) is 1. The van der Waals surface area contributed by atoms with E-state index in [0.717, 1.165) is 0 Å². The van der Waals surface area contributed by atoms with Gasteiger partial charge < -0.3 is 10.5 Å². The summed E-state index contributed by atoms with van der Waals surface area (Å²) in [6.45, 7) is 8.40. The quantitative estimate of drug-likeness (QED) is 0.820. The van der Waals surface area contributed by atoms with Gasteiger partial charge in [0.1, 0.15) is 11.4 Å². The molecule has 0 heterocycles. The average molecular weight is 261 g/mol. The average Bonchev–Trinajstić information content (AvgIpc) is 2.26. The molecule has 0 spiro atoms. The Labute approximate surface area is 112 Å². The number of primary amides is 1. The van der Waals surface area contributed by atoms with Gasteiger partial charge in [0, 0.05) is 22.7 Å². The summed E-state index contributed by atoms with van der Waals surface area (Å²) in [5.41, 5.74) is 5.08. The summed E-state index contributed by atoms with van der Waals surface area (Å²) in [6.07, 6.45) is -0.642. The van der Waals surface area contributed by atoms with E-state index >= 15 is 0 Å². The van der Waals surface area contributed by atoms with Crippen LogP contribution in [0.5, 0.6) is 0 Å². The zero-order chi connectivity index (χ0) is 13.7. The van der Waals surface area contributed by atoms with Crippen molar-refractivity contribution < 1.29 is 14.3 Å². The van der Waals surface area contributed by atoms with Crippen LogP contribution in [-0.4, -0.2) is 17.5 Å². The Morgan fingerprint density at radius 3 is 2.00 bits per heavy atom. The summed E-state index contributed by atoms with van der Waals surface area (Å²) in [5.74, 6) is 2.64. The highest BCUT2D eigenvalue weighted by molar-refractivity contribution is 5.94. The molecule has 6 fully saturated rings. The van der Waals surface area contributed by atoms with Crippen LogP contribution >= 0.6 is 0 Å². The molecular formula is C15H19NO3. The SMILES string of the molecule is CC(=O)C12C3C4C1C1(C(C)(C)C)C2C3C41OC(N)=O. The predicted molar refractivity (Wildman–Crippen MR) is 65.9 cm³/mol. The fourth-order valence-corrected chi connectivity index (χ4v) is 8.17. The third-order valence-electron chi connectivity index (χ3n) is 7.81. The summed E-state index contributed by atoms with van der Waals surface area (Å²) in [6, 6.07) is 0. The van der Waals surface area contributed by atoms with E-state index in [1.807, 2.05) is 0 Å². The molecule has 4 unspecified atom stereocenters. The van der Waals surface area contributed by atoms with Crippen LogP contribution < -0.4 is 5.73 Å². The Balaban J connectivity index is 1.64. The number of rotatable bonds is 2. The second kappa shape index (κ2) is 2.13. The van der Waals surface area contributed by atoms with Gasteiger partial charge >= 0.3 is 6.09 Å². The Hall–Kier alpha value is -1.06. The molecule has 4 heteroatoms. The molecule has 1 amide bonds. The molecule has 2 N–H and O–H groups in total. The van der Waals surface area contributed by atoms with E-state index in [1.54, 1.807) is 6.92 Å². The monoisotopic (exact) mass is 261 g/mol. The second-order valence-corrected chi connectivity index (χ2v) is 8.36. The topological polar surface area (TPSA) is 69.4 Å². The molecule has 0 aliphatic heterocycles. The lowest BCUT2D eigenvalue weighted by molar-refractivity contribution is -0.701. The Morgan fingerprint density at radius 2 is 1.63 bits per heavy atom. The number of Topliss-reactive ketones (excluding diaryl/α,β-unsaturated/α-hetero) is 1. The highest BCUT2D eigenvalue weighted by Crippen LogP contribution is 3.14. The van der Waals surface area contributed by atoms with Gasteiger partial charge in [-0.15, -0.1) is 0 Å². The zero-order valence-corrected chi connectivity index (χ0v) is 11.7. The summed E-state index contributed by atoms with van der Waals surface area (Å²) in [4.78, 5) is 23.4. The number of nitrogens with two attached hydrogens (primary N) is 1. The van der Waals surface area contributed by atoms with Gasteiger partial charge in [0.05, 0.1) is 0 Å². The van der Waals surface area contributed by atoms with Crippen LogP contribution in [0.3, 0.4) is 0 Å². The maximum absolute atomic E-state index is 12.1. The third kappa shape index (κ3) is 0.512. The van der Waals surface area contributed by atoms with Crippen LogP contribution in [0.1, 0.15) is 27.7 Å². The fourth-order valence-electron chi connectivity index (χ4n) is 8.17. The van der Waals surface area contributed by atoms with Gasteiger partial charge in [-0.3, -0.25) is 4.79 Å². The summed E-state index contributed by atoms with van der Waals surface area (Å²) >= 11 is 0. The van der Waals surface area contributed by atoms with Gasteiger partial charge in [-0.2, -0.15) is 0 Å². The standard InChI is InChI=1S/C15H19NO3/c1-5(17)13-6-7-9(13)14(12(2,3)4)10(13)8(6)15(7,14)19-11(16)18/h6-10H,1-4H3,(H2,16,18). The van der Waals surface area contributed by atoms with E-state index in [-0.39, 0.29) is 21.8 Å². The fraction of sp³-hybridized carbons (Fsp3) is 0.867. The van der Waals surface area contributed by atoms with Crippen molar-refractivity contribution in [2.24, 2.45) is 51.6 Å². The van der Waals surface area contributed by atoms with Gasteiger partial charge in [0.25, 0.3) is 0 Å². The van der Waals surface area contributed by atoms with Crippen LogP contribution in [0.15, 0.2) is 0 Å². The zero-order valence-electron chi connectivity index (χ0n) is 11.7. The lowest BCUT2D eigenvalue weighted by Crippen LogP contribution is -3.19. The first-order valence-electron chi connectivity index (χ1n) is 7.21. The van der Waals surface area contributed by atoms with E-state index in [1.165, 1.54) is 0 Å². The van der Waals surface area contributed by atoms with Crippen molar-refractivity contribution in [3.63, 3.8) is 0 Å². The molecule has 4 atom stereocenters. The molecular weight excluding hydrogens is 242 g/mol. The second-order valence-electron chi connectivity index (χ2n) is 8.36. The lowest BCUT2D eigenvalue weighted by atomic mass is 8.88. The van der Waals surface area contributed by atoms with Crippen molar-refractivity contribution in [3.05, 3.63) is 0 Å². The van der Waals surface area contributed by atoms with Crippen molar-refractivity contribution in [3.8, 4) is 0 Å². The first kappa shape index (κ1) is 10.7. The predicted octanol–water partition coefficient (Wildman–Crippen LogP) is 1.58. The molecule has 0 bridgehead atoms. The maximum Gasteiger partial charge on any atom is 0.405 e. The molecule has 0 aromatic rings. The van der Waals surface area contributed by atoms with Gasteiger partial charge in [0.15, 0.2) is 0 Å². The lowest BCUT2D eigenvalue weighted by Gasteiger charge is -3.14. The summed E-state index contributed by atoms with van der Waals surface area (Å²) in [5, 5.41) is 0. The number of carbonyl (C=O) groups excluding carboxylic acids is 2. The van der Waals surface area contributed by atoms with Crippen LogP contribution in [-0.2, 0) is 9.53 Å². The Morgan fingerprint density at radius 1 is 1.11 bits per heavy atom. The normalized spacial score (nSPS) is 64.5. The molecule has 19 heavy (non-hydrogen) atoms. The molecule has 102 valence electrons. The number of ketones is 1. The molecule has 4 nitrogen and oxygen atoms in total. The summed E-state index contributed by atoms with van der Waals surface area (Å²) < 4.78 is 5.63. The highest BCUT2D eigenvalue weighted by Gasteiger charge is 3.19. The van der Waals surface area contributed by atoms with Gasteiger partial charge in [-0.1, -0.05) is 20.8 Å². The molecule has 0 saturated heterocycles. The van der Waals surface area contributed by atoms with Gasteiger partial charge in [0.2, 0.25) is 0 Å². The van der Waals surface area contributed by atoms with Crippen molar-refractivity contribution >= 4 is 11.9 Å². The van der Waals surface area contributed by atoms with Crippen LogP contribution in [0.25, 0.3) is 0 Å². The van der Waals surface area contributed by atoms with E-state index in [4.69, 9.17) is 10.5 Å². The van der Waals surface area contributed by atoms with Crippen molar-refractivity contribution in [2.45, 2.75) is 33.3 Å². The minimum atomic E-state index is -0.642. The highest BCUT2D eigenvalue weighted by atomic mass is 16.6. The van der Waals surface area contributed by atoms with Crippen LogP contribution in [0.2, 0.25) is 0 Å². The van der Waals surface area contributed by atoms with E-state index in [2.05, 4.69) is 20.8 Å². The summed E-state index contributed by atoms with van der Waals surface area (Å²) in [7, 11) is 0. The molecule has 6 saturated carbocycles.